The Morgan fingerprint density at radius 2 is 1.88 bits per heavy atom. The van der Waals surface area contributed by atoms with Gasteiger partial charge in [0.05, 0.1) is 25.0 Å². The fourth-order valence-electron chi connectivity index (χ4n) is 3.80. The van der Waals surface area contributed by atoms with Gasteiger partial charge in [-0.2, -0.15) is 5.10 Å². The zero-order chi connectivity index (χ0) is 23.2. The predicted molar refractivity (Wildman–Crippen MR) is 128 cm³/mol. The number of aryl methyl sites for hydroxylation is 1. The molecule has 33 heavy (non-hydrogen) atoms. The molecule has 0 bridgehead atoms. The molecule has 1 aliphatic rings. The van der Waals surface area contributed by atoms with Gasteiger partial charge >= 0.3 is 0 Å². The van der Waals surface area contributed by atoms with Gasteiger partial charge in [-0.3, -0.25) is 14.3 Å². The average Bonchev–Trinajstić information content (AvgIpc) is 3.25. The Labute approximate surface area is 193 Å². The molecule has 4 rings (SSSR count). The number of carbonyl (C=O) groups is 1. The molecule has 172 valence electrons. The fourth-order valence-corrected chi connectivity index (χ4v) is 3.80. The summed E-state index contributed by atoms with van der Waals surface area (Å²) < 4.78 is 3.38. The molecule has 1 amide bonds. The van der Waals surface area contributed by atoms with Gasteiger partial charge in [0.25, 0.3) is 5.56 Å². The van der Waals surface area contributed by atoms with Crippen molar-refractivity contribution in [1.82, 2.24) is 24.6 Å². The van der Waals surface area contributed by atoms with E-state index in [2.05, 4.69) is 10.4 Å². The van der Waals surface area contributed by atoms with Crippen LogP contribution in [0.25, 0.3) is 0 Å². The number of aliphatic imine (C=N–C) groups is 1. The summed E-state index contributed by atoms with van der Waals surface area (Å²) in [7, 11) is 1.84. The van der Waals surface area contributed by atoms with E-state index in [0.717, 1.165) is 29.3 Å². The number of nitrogens with zero attached hydrogens (tertiary/aromatic N) is 6. The molecule has 0 atom stereocenters. The smallest absolute Gasteiger partial charge is 0.250 e. The van der Waals surface area contributed by atoms with Crippen LogP contribution in [0.3, 0.4) is 0 Å². The quantitative estimate of drug-likeness (QED) is 0.457. The SMILES string of the molecule is CCNC(=NCc1ccc(Cn2ccccc2=O)cc1)N1CCN(c2cnn(C)c2)C(=O)C1. The van der Waals surface area contributed by atoms with Crippen molar-refractivity contribution in [2.24, 2.45) is 12.0 Å². The van der Waals surface area contributed by atoms with Crippen LogP contribution in [0.5, 0.6) is 0 Å². The van der Waals surface area contributed by atoms with Crippen molar-refractivity contribution < 1.29 is 4.79 Å². The second-order valence-corrected chi connectivity index (χ2v) is 7.99. The molecule has 1 aromatic carbocycles. The molecule has 0 spiro atoms. The zero-order valence-corrected chi connectivity index (χ0v) is 19.0. The second-order valence-electron chi connectivity index (χ2n) is 7.99. The van der Waals surface area contributed by atoms with Gasteiger partial charge in [-0.15, -0.1) is 0 Å². The van der Waals surface area contributed by atoms with E-state index in [9.17, 15) is 9.59 Å². The molecule has 0 saturated carbocycles. The van der Waals surface area contributed by atoms with Gasteiger partial charge in [0.15, 0.2) is 5.96 Å². The summed E-state index contributed by atoms with van der Waals surface area (Å²) in [5.41, 5.74) is 2.93. The molecule has 2 aromatic heterocycles. The van der Waals surface area contributed by atoms with Crippen molar-refractivity contribution in [3.8, 4) is 0 Å². The van der Waals surface area contributed by atoms with Crippen LogP contribution in [-0.2, 0) is 24.9 Å². The first-order valence-electron chi connectivity index (χ1n) is 11.1. The van der Waals surface area contributed by atoms with Crippen LogP contribution in [0.15, 0.2) is 70.8 Å². The standard InChI is InChI=1S/C24H29N7O2/c1-3-25-24(30-12-13-31(23(33)18-30)21-15-27-28(2)17-21)26-14-19-7-9-20(10-8-19)16-29-11-5-4-6-22(29)32/h4-11,15,17H,3,12-14,16,18H2,1-2H3,(H,25,26). The van der Waals surface area contributed by atoms with Crippen LogP contribution in [0.2, 0.25) is 0 Å². The maximum atomic E-state index is 12.7. The first-order chi connectivity index (χ1) is 16.0. The van der Waals surface area contributed by atoms with E-state index in [1.54, 1.807) is 38.7 Å². The zero-order valence-electron chi connectivity index (χ0n) is 19.0. The monoisotopic (exact) mass is 447 g/mol. The number of rotatable bonds is 6. The molecule has 0 radical (unpaired) electrons. The van der Waals surface area contributed by atoms with E-state index in [0.29, 0.717) is 26.2 Å². The summed E-state index contributed by atoms with van der Waals surface area (Å²) in [5.74, 6) is 0.761. The second kappa shape index (κ2) is 10.2. The molecule has 9 nitrogen and oxygen atoms in total. The minimum atomic E-state index is -0.0142. The third kappa shape index (κ3) is 5.49. The third-order valence-electron chi connectivity index (χ3n) is 5.54. The number of anilines is 1. The maximum Gasteiger partial charge on any atom is 0.250 e. The maximum absolute atomic E-state index is 12.7. The Kier molecular flexibility index (Phi) is 6.87. The van der Waals surface area contributed by atoms with Crippen LogP contribution in [0.1, 0.15) is 18.1 Å². The normalized spacial score (nSPS) is 14.6. The van der Waals surface area contributed by atoms with E-state index in [1.807, 2.05) is 55.4 Å². The minimum absolute atomic E-state index is 0.0142. The van der Waals surface area contributed by atoms with E-state index in [1.165, 1.54) is 0 Å². The number of nitrogens with one attached hydrogen (secondary N) is 1. The first kappa shape index (κ1) is 22.3. The number of pyridine rings is 1. The molecule has 1 aliphatic heterocycles. The van der Waals surface area contributed by atoms with Gasteiger partial charge < -0.3 is 19.7 Å². The van der Waals surface area contributed by atoms with Gasteiger partial charge in [0.2, 0.25) is 5.91 Å². The van der Waals surface area contributed by atoms with Gasteiger partial charge in [0, 0.05) is 45.1 Å². The Morgan fingerprint density at radius 1 is 1.09 bits per heavy atom. The van der Waals surface area contributed by atoms with E-state index < -0.39 is 0 Å². The van der Waals surface area contributed by atoms with Gasteiger partial charge in [-0.25, -0.2) is 4.99 Å². The van der Waals surface area contributed by atoms with Crippen molar-refractivity contribution in [1.29, 1.82) is 0 Å². The van der Waals surface area contributed by atoms with E-state index >= 15 is 0 Å². The lowest BCUT2D eigenvalue weighted by Crippen LogP contribution is -2.55. The van der Waals surface area contributed by atoms with Gasteiger partial charge in [0.1, 0.15) is 6.54 Å². The first-order valence-corrected chi connectivity index (χ1v) is 11.1. The lowest BCUT2D eigenvalue weighted by atomic mass is 10.1. The van der Waals surface area contributed by atoms with Crippen LogP contribution in [0.4, 0.5) is 5.69 Å². The number of guanidine groups is 1. The van der Waals surface area contributed by atoms with Crippen molar-refractivity contribution in [2.75, 3.05) is 31.1 Å². The highest BCUT2D eigenvalue weighted by Crippen LogP contribution is 2.16. The Morgan fingerprint density at radius 3 is 2.55 bits per heavy atom. The number of carbonyl (C=O) groups excluding carboxylic acids is 1. The predicted octanol–water partition coefficient (Wildman–Crippen LogP) is 1.44. The Balaban J connectivity index is 1.39. The highest BCUT2D eigenvalue weighted by atomic mass is 16.2. The summed E-state index contributed by atoms with van der Waals surface area (Å²) in [6, 6.07) is 13.3. The molecule has 1 saturated heterocycles. The highest BCUT2D eigenvalue weighted by molar-refractivity contribution is 5.98. The molecular weight excluding hydrogens is 418 g/mol. The molecule has 1 N–H and O–H groups in total. The lowest BCUT2D eigenvalue weighted by Gasteiger charge is -2.35. The Bertz CT molecular complexity index is 1180. The van der Waals surface area contributed by atoms with Gasteiger partial charge in [-0.05, 0) is 24.1 Å². The molecule has 0 unspecified atom stereocenters. The summed E-state index contributed by atoms with van der Waals surface area (Å²) in [5, 5.41) is 7.47. The summed E-state index contributed by atoms with van der Waals surface area (Å²) in [6.45, 7) is 5.33. The lowest BCUT2D eigenvalue weighted by molar-refractivity contribution is -0.120. The topological polar surface area (TPSA) is 87.8 Å². The third-order valence-corrected chi connectivity index (χ3v) is 5.54. The molecule has 9 heteroatoms. The van der Waals surface area contributed by atoms with Crippen molar-refractivity contribution in [3.63, 3.8) is 0 Å². The van der Waals surface area contributed by atoms with Crippen molar-refractivity contribution in [2.45, 2.75) is 20.0 Å². The highest BCUT2D eigenvalue weighted by Gasteiger charge is 2.27. The van der Waals surface area contributed by atoms with Gasteiger partial charge in [-0.1, -0.05) is 30.3 Å². The summed E-state index contributed by atoms with van der Waals surface area (Å²) in [6.07, 6.45) is 5.36. The van der Waals surface area contributed by atoms with E-state index in [-0.39, 0.29) is 18.0 Å². The van der Waals surface area contributed by atoms with Crippen molar-refractivity contribution >= 4 is 17.6 Å². The fraction of sp³-hybridized carbons (Fsp3) is 0.333. The van der Waals surface area contributed by atoms with Crippen molar-refractivity contribution in [3.05, 3.63) is 82.5 Å². The minimum Gasteiger partial charge on any atom is -0.356 e. The average molecular weight is 448 g/mol. The summed E-state index contributed by atoms with van der Waals surface area (Å²) >= 11 is 0. The Hall–Kier alpha value is -3.88. The summed E-state index contributed by atoms with van der Waals surface area (Å²) in [4.78, 5) is 33.2. The molecule has 3 heterocycles. The number of piperazine rings is 1. The number of benzene rings is 1. The molecule has 0 aliphatic carbocycles. The van der Waals surface area contributed by atoms with Crippen LogP contribution >= 0.6 is 0 Å². The van der Waals surface area contributed by atoms with E-state index in [4.69, 9.17) is 4.99 Å². The molecular formula is C24H29N7O2. The number of amides is 1. The van der Waals surface area contributed by atoms with Crippen LogP contribution < -0.4 is 15.8 Å². The molecule has 1 fully saturated rings. The number of hydrogen-bond acceptors (Lipinski definition) is 4. The number of aromatic nitrogens is 3. The number of hydrogen-bond donors (Lipinski definition) is 1. The van der Waals surface area contributed by atoms with Crippen LogP contribution in [0, 0.1) is 0 Å². The van der Waals surface area contributed by atoms with Crippen LogP contribution in [-0.4, -0.2) is 57.3 Å². The largest absolute Gasteiger partial charge is 0.356 e. The molecule has 3 aromatic rings.